The highest BCUT2D eigenvalue weighted by atomic mass is 16.5. The van der Waals surface area contributed by atoms with Crippen LogP contribution in [-0.2, 0) is 0 Å². The van der Waals surface area contributed by atoms with Crippen LogP contribution in [0.25, 0.3) is 0 Å². The molecule has 1 fully saturated rings. The van der Waals surface area contributed by atoms with E-state index in [4.69, 9.17) is 15.2 Å². The Hall–Kier alpha value is -1.30. The van der Waals surface area contributed by atoms with Crippen LogP contribution >= 0.6 is 0 Å². The number of hydrogen-bond donors (Lipinski definition) is 1. The van der Waals surface area contributed by atoms with Gasteiger partial charge in [-0.1, -0.05) is 6.07 Å². The molecule has 0 amide bonds. The summed E-state index contributed by atoms with van der Waals surface area (Å²) >= 11 is 0. The number of benzene rings is 1. The lowest BCUT2D eigenvalue weighted by molar-refractivity contribution is 0.0634. The molecule has 0 spiro atoms. The van der Waals surface area contributed by atoms with Gasteiger partial charge in [0.05, 0.1) is 14.2 Å². The van der Waals surface area contributed by atoms with Crippen LogP contribution < -0.4 is 15.2 Å². The molecule has 0 aliphatic carbocycles. The molecule has 1 aromatic rings. The highest BCUT2D eigenvalue weighted by Crippen LogP contribution is 2.32. The minimum absolute atomic E-state index is 0.216. The van der Waals surface area contributed by atoms with E-state index in [-0.39, 0.29) is 6.04 Å². The number of piperazine rings is 1. The zero-order valence-corrected chi connectivity index (χ0v) is 13.5. The van der Waals surface area contributed by atoms with Crippen molar-refractivity contribution in [2.24, 2.45) is 5.73 Å². The SMILES string of the molecule is COc1ccc(C(CN)N2CCN(C)CC2C)cc1OC. The lowest BCUT2D eigenvalue weighted by Crippen LogP contribution is -2.52. The minimum Gasteiger partial charge on any atom is -0.493 e. The predicted octanol–water partition coefficient (Wildman–Crippen LogP) is 1.34. The maximum atomic E-state index is 6.07. The van der Waals surface area contributed by atoms with Crippen molar-refractivity contribution in [3.05, 3.63) is 23.8 Å². The van der Waals surface area contributed by atoms with Gasteiger partial charge < -0.3 is 20.1 Å². The average Bonchev–Trinajstić information content (AvgIpc) is 2.49. The second-order valence-electron chi connectivity index (χ2n) is 5.72. The van der Waals surface area contributed by atoms with Gasteiger partial charge in [-0.2, -0.15) is 0 Å². The van der Waals surface area contributed by atoms with Gasteiger partial charge in [-0.05, 0) is 31.7 Å². The number of hydrogen-bond acceptors (Lipinski definition) is 5. The van der Waals surface area contributed by atoms with Crippen molar-refractivity contribution in [3.63, 3.8) is 0 Å². The first-order chi connectivity index (χ1) is 10.1. The van der Waals surface area contributed by atoms with Gasteiger partial charge in [-0.15, -0.1) is 0 Å². The zero-order valence-electron chi connectivity index (χ0n) is 13.5. The van der Waals surface area contributed by atoms with E-state index >= 15 is 0 Å². The van der Waals surface area contributed by atoms with Crippen LogP contribution in [0.4, 0.5) is 0 Å². The molecule has 5 nitrogen and oxygen atoms in total. The lowest BCUT2D eigenvalue weighted by Gasteiger charge is -2.42. The number of rotatable bonds is 5. The molecule has 0 radical (unpaired) electrons. The summed E-state index contributed by atoms with van der Waals surface area (Å²) in [6, 6.07) is 6.79. The molecule has 1 aromatic carbocycles. The average molecular weight is 293 g/mol. The van der Waals surface area contributed by atoms with Crippen LogP contribution in [0.5, 0.6) is 11.5 Å². The topological polar surface area (TPSA) is 51.0 Å². The van der Waals surface area contributed by atoms with Gasteiger partial charge in [-0.3, -0.25) is 4.90 Å². The highest BCUT2D eigenvalue weighted by Gasteiger charge is 2.28. The van der Waals surface area contributed by atoms with Crippen molar-refractivity contribution in [2.45, 2.75) is 19.0 Å². The van der Waals surface area contributed by atoms with Crippen LogP contribution in [0.2, 0.25) is 0 Å². The summed E-state index contributed by atoms with van der Waals surface area (Å²) < 4.78 is 10.7. The zero-order chi connectivity index (χ0) is 15.4. The van der Waals surface area contributed by atoms with Gasteiger partial charge in [0.15, 0.2) is 11.5 Å². The van der Waals surface area contributed by atoms with Crippen LogP contribution in [0, 0.1) is 0 Å². The third kappa shape index (κ3) is 3.48. The van der Waals surface area contributed by atoms with Crippen LogP contribution in [0.1, 0.15) is 18.5 Å². The molecule has 0 aromatic heterocycles. The van der Waals surface area contributed by atoms with Crippen molar-refractivity contribution < 1.29 is 9.47 Å². The fourth-order valence-electron chi connectivity index (χ4n) is 3.14. The van der Waals surface area contributed by atoms with Crippen molar-refractivity contribution in [2.75, 3.05) is 47.4 Å². The van der Waals surface area contributed by atoms with Crippen LogP contribution in [0.15, 0.2) is 18.2 Å². The number of nitrogens with two attached hydrogens (primary N) is 1. The monoisotopic (exact) mass is 293 g/mol. The maximum Gasteiger partial charge on any atom is 0.161 e. The van der Waals surface area contributed by atoms with Gasteiger partial charge in [0.25, 0.3) is 0 Å². The second-order valence-corrected chi connectivity index (χ2v) is 5.72. The summed E-state index contributed by atoms with van der Waals surface area (Å²) in [4.78, 5) is 4.85. The Morgan fingerprint density at radius 1 is 1.24 bits per heavy atom. The Morgan fingerprint density at radius 2 is 1.95 bits per heavy atom. The number of likely N-dealkylation sites (N-methyl/N-ethyl adjacent to an activating group) is 1. The first kappa shape index (κ1) is 16.1. The standard InChI is InChI=1S/C16H27N3O2/c1-12-11-18(2)7-8-19(12)14(10-17)13-5-6-15(20-3)16(9-13)21-4/h5-6,9,12,14H,7-8,10-11,17H2,1-4H3. The fourth-order valence-corrected chi connectivity index (χ4v) is 3.14. The molecule has 1 heterocycles. The summed E-state index contributed by atoms with van der Waals surface area (Å²) in [6.45, 7) is 6.05. The normalized spacial score (nSPS) is 22.0. The van der Waals surface area contributed by atoms with Gasteiger partial charge in [0, 0.05) is 38.3 Å². The number of ether oxygens (including phenoxy) is 2. The molecule has 2 unspecified atom stereocenters. The molecule has 118 valence electrons. The molecule has 5 heteroatoms. The summed E-state index contributed by atoms with van der Waals surface area (Å²) in [5.74, 6) is 1.51. The lowest BCUT2D eigenvalue weighted by atomic mass is 10.0. The number of nitrogens with zero attached hydrogens (tertiary/aromatic N) is 2. The Morgan fingerprint density at radius 3 is 2.52 bits per heavy atom. The van der Waals surface area contributed by atoms with Crippen molar-refractivity contribution >= 4 is 0 Å². The molecule has 0 saturated carbocycles. The molecule has 1 saturated heterocycles. The predicted molar refractivity (Wildman–Crippen MR) is 85.0 cm³/mol. The Balaban J connectivity index is 2.24. The van der Waals surface area contributed by atoms with Crippen LogP contribution in [-0.4, -0.2) is 63.3 Å². The van der Waals surface area contributed by atoms with Gasteiger partial charge in [-0.25, -0.2) is 0 Å². The molecule has 1 aliphatic rings. The van der Waals surface area contributed by atoms with E-state index < -0.39 is 0 Å². The summed E-state index contributed by atoms with van der Waals surface area (Å²) in [5, 5.41) is 0. The van der Waals surface area contributed by atoms with E-state index in [0.717, 1.165) is 31.1 Å². The molecular weight excluding hydrogens is 266 g/mol. The van der Waals surface area contributed by atoms with E-state index in [1.54, 1.807) is 14.2 Å². The van der Waals surface area contributed by atoms with Crippen LogP contribution in [0.3, 0.4) is 0 Å². The Kier molecular flexibility index (Phi) is 5.45. The Bertz CT molecular complexity index is 467. The van der Waals surface area contributed by atoms with E-state index in [1.807, 2.05) is 12.1 Å². The molecule has 1 aliphatic heterocycles. The van der Waals surface area contributed by atoms with Gasteiger partial charge in [0.2, 0.25) is 0 Å². The Labute approximate surface area is 127 Å². The van der Waals surface area contributed by atoms with E-state index in [2.05, 4.69) is 29.8 Å². The van der Waals surface area contributed by atoms with Crippen molar-refractivity contribution in [1.29, 1.82) is 0 Å². The second kappa shape index (κ2) is 7.11. The molecular formula is C16H27N3O2. The number of methoxy groups -OCH3 is 2. The molecule has 2 N–H and O–H groups in total. The fraction of sp³-hybridized carbons (Fsp3) is 0.625. The first-order valence-electron chi connectivity index (χ1n) is 7.47. The third-order valence-corrected chi connectivity index (χ3v) is 4.30. The van der Waals surface area contributed by atoms with Gasteiger partial charge >= 0.3 is 0 Å². The maximum absolute atomic E-state index is 6.07. The highest BCUT2D eigenvalue weighted by molar-refractivity contribution is 5.44. The van der Waals surface area contributed by atoms with Gasteiger partial charge in [0.1, 0.15) is 0 Å². The van der Waals surface area contributed by atoms with E-state index in [1.165, 1.54) is 5.56 Å². The molecule has 21 heavy (non-hydrogen) atoms. The molecule has 2 rings (SSSR count). The largest absolute Gasteiger partial charge is 0.493 e. The summed E-state index contributed by atoms with van der Waals surface area (Å²) in [5.41, 5.74) is 7.25. The van der Waals surface area contributed by atoms with Crippen molar-refractivity contribution in [3.8, 4) is 11.5 Å². The summed E-state index contributed by atoms with van der Waals surface area (Å²) in [6.07, 6.45) is 0. The molecule has 0 bridgehead atoms. The minimum atomic E-state index is 0.216. The first-order valence-corrected chi connectivity index (χ1v) is 7.47. The molecule has 2 atom stereocenters. The third-order valence-electron chi connectivity index (χ3n) is 4.30. The smallest absolute Gasteiger partial charge is 0.161 e. The quantitative estimate of drug-likeness (QED) is 0.888. The van der Waals surface area contributed by atoms with E-state index in [9.17, 15) is 0 Å². The van der Waals surface area contributed by atoms with E-state index in [0.29, 0.717) is 12.6 Å². The van der Waals surface area contributed by atoms with Crippen molar-refractivity contribution in [1.82, 2.24) is 9.80 Å². The summed E-state index contributed by atoms with van der Waals surface area (Å²) in [7, 11) is 5.49.